The van der Waals surface area contributed by atoms with Crippen LogP contribution in [0.1, 0.15) is 103 Å². The lowest BCUT2D eigenvalue weighted by atomic mass is 10.1. The zero-order valence-corrected chi connectivity index (χ0v) is 21.6. The lowest BCUT2D eigenvalue weighted by Gasteiger charge is -2.11. The summed E-state index contributed by atoms with van der Waals surface area (Å²) >= 11 is 0. The van der Waals surface area contributed by atoms with Gasteiger partial charge in [0, 0.05) is 6.42 Å². The summed E-state index contributed by atoms with van der Waals surface area (Å²) in [6.07, 6.45) is 23.0. The highest BCUT2D eigenvalue weighted by molar-refractivity contribution is 7.80. The van der Waals surface area contributed by atoms with Crippen LogP contribution < -0.4 is 4.90 Å². The van der Waals surface area contributed by atoms with Crippen LogP contribution in [0.2, 0.25) is 0 Å². The van der Waals surface area contributed by atoms with E-state index in [-0.39, 0.29) is 6.61 Å². The number of quaternary nitrogens is 1. The number of unbranched alkanes of at least 4 members (excludes halogenated alkanes) is 11. The second-order valence-corrected chi connectivity index (χ2v) is 9.53. The first kappa shape index (κ1) is 33.4. The van der Waals surface area contributed by atoms with Gasteiger partial charge in [0.05, 0.1) is 33.7 Å². The minimum atomic E-state index is -4.41. The maximum atomic E-state index is 11.8. The average Bonchev–Trinajstić information content (AvgIpc) is 2.75. The van der Waals surface area contributed by atoms with E-state index in [1.54, 1.807) is 0 Å². The number of hydrogen-bond acceptors (Lipinski definition) is 6. The molecule has 32 heavy (non-hydrogen) atoms. The molecule has 0 aliphatic heterocycles. The fraction of sp³-hybridized carbons (Fsp3) is 0.875. The molecule has 0 aromatic carbocycles. The number of Topliss-reactive ketones (excluding diaryl/α,β-unsaturated/α-hetero) is 1. The van der Waals surface area contributed by atoms with Crippen molar-refractivity contribution in [3.05, 3.63) is 12.2 Å². The number of carbonyl (C=O) groups excluding carboxylic acids is 1. The van der Waals surface area contributed by atoms with Crippen molar-refractivity contribution in [2.45, 2.75) is 103 Å². The summed E-state index contributed by atoms with van der Waals surface area (Å²) in [7, 11) is -1.57. The Morgan fingerprint density at radius 2 is 1.34 bits per heavy atom. The van der Waals surface area contributed by atoms with Gasteiger partial charge in [0.25, 0.3) is 0 Å². The highest BCUT2D eigenvalue weighted by Gasteiger charge is 2.06. The molecule has 192 valence electrons. The predicted molar refractivity (Wildman–Crippen MR) is 129 cm³/mol. The van der Waals surface area contributed by atoms with Crippen molar-refractivity contribution in [3.63, 3.8) is 0 Å². The normalized spacial score (nSPS) is 12.5. The van der Waals surface area contributed by atoms with Gasteiger partial charge in [-0.2, -0.15) is 0 Å². The van der Waals surface area contributed by atoms with Gasteiger partial charge < -0.3 is 14.6 Å². The van der Waals surface area contributed by atoms with Crippen molar-refractivity contribution in [2.75, 3.05) is 33.9 Å². The molecule has 0 spiro atoms. The van der Waals surface area contributed by atoms with Gasteiger partial charge in [-0.15, -0.1) is 0 Å². The van der Waals surface area contributed by atoms with Crippen LogP contribution in [0.25, 0.3) is 0 Å². The van der Waals surface area contributed by atoms with E-state index in [2.05, 4.69) is 23.3 Å². The number of aliphatic hydroxyl groups excluding tert-OH is 1. The molecule has 7 nitrogen and oxygen atoms in total. The monoisotopic (exact) mass is 479 g/mol. The molecule has 1 unspecified atom stereocenters. The Balaban J connectivity index is 0. The van der Waals surface area contributed by atoms with Gasteiger partial charge in [0.1, 0.15) is 12.3 Å². The van der Waals surface area contributed by atoms with Crippen LogP contribution in [0.4, 0.5) is 0 Å². The molecule has 0 saturated heterocycles. The molecule has 1 atom stereocenters. The summed E-state index contributed by atoms with van der Waals surface area (Å²) in [6.45, 7) is 4.06. The maximum absolute atomic E-state index is 11.8. The molecule has 0 aliphatic rings. The molecule has 0 heterocycles. The molecule has 0 fully saturated rings. The van der Waals surface area contributed by atoms with Crippen LogP contribution in [0.5, 0.6) is 0 Å². The fourth-order valence-corrected chi connectivity index (χ4v) is 3.19. The number of aliphatic hydroxyl groups is 1. The average molecular weight is 480 g/mol. The van der Waals surface area contributed by atoms with Crippen molar-refractivity contribution < 1.29 is 32.0 Å². The van der Waals surface area contributed by atoms with E-state index in [1.807, 2.05) is 7.05 Å². The summed E-state index contributed by atoms with van der Waals surface area (Å²) in [5.74, 6) is 0.389. The zero-order chi connectivity index (χ0) is 24.5. The highest BCUT2D eigenvalue weighted by atomic mass is 32.3. The Morgan fingerprint density at radius 1 is 0.875 bits per heavy atom. The van der Waals surface area contributed by atoms with Crippen molar-refractivity contribution in [1.82, 2.24) is 0 Å². The molecular formula is C24H49NO6S. The molecule has 8 heteroatoms. The second kappa shape index (κ2) is 24.8. The minimum absolute atomic E-state index is 0.203. The lowest BCUT2D eigenvalue weighted by Crippen LogP contribution is -3.09. The third-order valence-electron chi connectivity index (χ3n) is 5.29. The number of allylic oxidation sites excluding steroid dienone is 2. The number of carbonyl (C=O) groups is 1. The number of ketones is 1. The van der Waals surface area contributed by atoms with Gasteiger partial charge in [-0.05, 0) is 32.1 Å². The van der Waals surface area contributed by atoms with E-state index < -0.39 is 10.4 Å². The minimum Gasteiger partial charge on any atom is -0.726 e. The molecule has 0 rings (SSSR count). The number of hydrogen-bond donors (Lipinski definition) is 2. The van der Waals surface area contributed by atoms with Crippen LogP contribution in [-0.2, 0) is 19.4 Å². The number of likely N-dealkylation sites (N-methyl/N-ethyl adjacent to an activating group) is 1. The first-order valence-electron chi connectivity index (χ1n) is 12.4. The Labute approximate surface area is 197 Å². The summed E-state index contributed by atoms with van der Waals surface area (Å²) in [5.41, 5.74) is 0. The van der Waals surface area contributed by atoms with Gasteiger partial charge in [-0.1, -0.05) is 70.4 Å². The topological polar surface area (TPSA) is 108 Å². The van der Waals surface area contributed by atoms with Crippen molar-refractivity contribution in [2.24, 2.45) is 0 Å². The molecule has 2 N–H and O–H groups in total. The molecule has 0 aromatic rings. The second-order valence-electron chi connectivity index (χ2n) is 8.38. The van der Waals surface area contributed by atoms with Crippen molar-refractivity contribution in [3.8, 4) is 0 Å². The van der Waals surface area contributed by atoms with Crippen LogP contribution in [0.3, 0.4) is 0 Å². The van der Waals surface area contributed by atoms with Crippen LogP contribution >= 0.6 is 0 Å². The van der Waals surface area contributed by atoms with Crippen LogP contribution in [0, 0.1) is 0 Å². The smallest absolute Gasteiger partial charge is 0.217 e. The van der Waals surface area contributed by atoms with E-state index in [0.29, 0.717) is 12.2 Å². The molecule has 0 amide bonds. The molecule has 0 radical (unpaired) electrons. The van der Waals surface area contributed by atoms with Gasteiger partial charge in [-0.3, -0.25) is 8.98 Å². The van der Waals surface area contributed by atoms with E-state index in [9.17, 15) is 17.8 Å². The van der Waals surface area contributed by atoms with E-state index >= 15 is 0 Å². The zero-order valence-electron chi connectivity index (χ0n) is 20.8. The first-order chi connectivity index (χ1) is 15.3. The van der Waals surface area contributed by atoms with Gasteiger partial charge in [-0.25, -0.2) is 8.42 Å². The molecule has 0 aliphatic carbocycles. The fourth-order valence-electron chi connectivity index (χ4n) is 3.19. The molecule has 0 aromatic heterocycles. The van der Waals surface area contributed by atoms with E-state index in [0.717, 1.165) is 33.0 Å². The standard InChI is InChI=1S/C23H45NO2.CH4O4S/c1-3-4-5-6-7-8-9-10-11-12-13-14-15-16-17-18-23(26)19-20-24(2)21-22-25;1-5-6(2,3)4/h10-11,25H,3-9,12-22H2,1-2H3;1H3,(H,2,3,4)/b11-10-;. The summed E-state index contributed by atoms with van der Waals surface area (Å²) < 4.78 is 31.0. The highest BCUT2D eigenvalue weighted by Crippen LogP contribution is 2.10. The van der Waals surface area contributed by atoms with Crippen molar-refractivity contribution in [1.29, 1.82) is 0 Å². The largest absolute Gasteiger partial charge is 0.726 e. The predicted octanol–water partition coefficient (Wildman–Crippen LogP) is 3.58. The van der Waals surface area contributed by atoms with Crippen molar-refractivity contribution >= 4 is 16.2 Å². The van der Waals surface area contributed by atoms with Gasteiger partial charge >= 0.3 is 0 Å². The van der Waals surface area contributed by atoms with E-state index in [4.69, 9.17) is 5.11 Å². The SMILES string of the molecule is CCCCCCCC/C=C\CCCCCCCC(=O)CC[NH+](C)CCO.COS(=O)(=O)[O-]. The van der Waals surface area contributed by atoms with Crippen LogP contribution in [0.15, 0.2) is 12.2 Å². The number of nitrogens with one attached hydrogen (secondary N) is 1. The summed E-state index contributed by atoms with van der Waals surface area (Å²) in [6, 6.07) is 0. The third kappa shape index (κ3) is 31.4. The summed E-state index contributed by atoms with van der Waals surface area (Å²) in [4.78, 5) is 13.0. The Morgan fingerprint density at radius 3 is 1.81 bits per heavy atom. The van der Waals surface area contributed by atoms with Gasteiger partial charge in [0.15, 0.2) is 0 Å². The van der Waals surface area contributed by atoms with Crippen LogP contribution in [-0.4, -0.2) is 57.7 Å². The molecule has 0 bridgehead atoms. The maximum Gasteiger partial charge on any atom is 0.217 e. The van der Waals surface area contributed by atoms with Gasteiger partial charge in [0.2, 0.25) is 10.4 Å². The Kier molecular flexibility index (Phi) is 25.9. The molecule has 0 saturated carbocycles. The Bertz CT molecular complexity index is 537. The third-order valence-corrected chi connectivity index (χ3v) is 5.70. The summed E-state index contributed by atoms with van der Waals surface area (Å²) in [5, 5.41) is 8.84. The molecular weight excluding hydrogens is 430 g/mol. The quantitative estimate of drug-likeness (QED) is 0.113. The van der Waals surface area contributed by atoms with E-state index in [1.165, 1.54) is 81.9 Å². The lowest BCUT2D eigenvalue weighted by molar-refractivity contribution is -0.879. The first-order valence-corrected chi connectivity index (χ1v) is 13.7. The number of rotatable bonds is 21. The Hall–Kier alpha value is -0.800.